The fourth-order valence-corrected chi connectivity index (χ4v) is 2.92. The van der Waals surface area contributed by atoms with Gasteiger partial charge in [-0.1, -0.05) is 6.07 Å². The predicted molar refractivity (Wildman–Crippen MR) is 106 cm³/mol. The van der Waals surface area contributed by atoms with Gasteiger partial charge in [-0.3, -0.25) is 0 Å². The normalized spacial score (nSPS) is 10.9. The molecule has 0 unspecified atom stereocenters. The molecule has 142 valence electrons. The van der Waals surface area contributed by atoms with Crippen molar-refractivity contribution in [3.8, 4) is 22.8 Å². The maximum atomic E-state index is 5.30. The Morgan fingerprint density at radius 2 is 1.97 bits per heavy atom. The van der Waals surface area contributed by atoms with Crippen LogP contribution < -0.4 is 10.1 Å². The van der Waals surface area contributed by atoms with E-state index in [2.05, 4.69) is 41.0 Å². The Kier molecular flexibility index (Phi) is 4.06. The third-order valence-electron chi connectivity index (χ3n) is 4.35. The molecule has 29 heavy (non-hydrogen) atoms. The Morgan fingerprint density at radius 1 is 1.07 bits per heavy atom. The van der Waals surface area contributed by atoms with Gasteiger partial charge in [0.2, 0.25) is 11.8 Å². The first-order valence-corrected chi connectivity index (χ1v) is 8.76. The summed E-state index contributed by atoms with van der Waals surface area (Å²) in [5.74, 6) is 1.76. The Hall–Kier alpha value is -4.34. The molecule has 0 atom stereocenters. The minimum absolute atomic E-state index is 0.467. The van der Waals surface area contributed by atoms with Crippen molar-refractivity contribution in [2.75, 3.05) is 12.4 Å². The predicted octanol–water partition coefficient (Wildman–Crippen LogP) is 2.75. The zero-order valence-corrected chi connectivity index (χ0v) is 15.3. The first-order chi connectivity index (χ1) is 14.3. The number of fused-ring (bicyclic) bond motifs is 1. The second kappa shape index (κ2) is 7.00. The molecule has 0 radical (unpaired) electrons. The van der Waals surface area contributed by atoms with Crippen molar-refractivity contribution >= 4 is 22.7 Å². The SMILES string of the molecule is COc1cccc(-n2ncc3cnc(Nc4ccc(-c5nn[nH]n5)cc4)nc32)c1. The van der Waals surface area contributed by atoms with E-state index in [1.807, 2.05) is 48.5 Å². The van der Waals surface area contributed by atoms with E-state index >= 15 is 0 Å². The average Bonchev–Trinajstić information content (AvgIpc) is 3.44. The van der Waals surface area contributed by atoms with Gasteiger partial charge in [-0.2, -0.15) is 15.3 Å². The Bertz CT molecular complexity index is 1260. The highest BCUT2D eigenvalue weighted by atomic mass is 16.5. The van der Waals surface area contributed by atoms with E-state index in [0.29, 0.717) is 17.4 Å². The molecule has 0 aliphatic rings. The van der Waals surface area contributed by atoms with Crippen LogP contribution in [0.2, 0.25) is 0 Å². The highest BCUT2D eigenvalue weighted by Gasteiger charge is 2.10. The van der Waals surface area contributed by atoms with Crippen LogP contribution in [0.25, 0.3) is 28.1 Å². The molecule has 0 amide bonds. The van der Waals surface area contributed by atoms with Crippen LogP contribution in [-0.4, -0.2) is 47.5 Å². The van der Waals surface area contributed by atoms with Crippen molar-refractivity contribution < 1.29 is 4.74 Å². The van der Waals surface area contributed by atoms with Gasteiger partial charge in [0.1, 0.15) is 5.75 Å². The number of benzene rings is 2. The molecule has 0 aliphatic heterocycles. The van der Waals surface area contributed by atoms with Crippen molar-refractivity contribution in [2.24, 2.45) is 0 Å². The molecule has 0 saturated carbocycles. The van der Waals surface area contributed by atoms with E-state index in [4.69, 9.17) is 4.74 Å². The summed E-state index contributed by atoms with van der Waals surface area (Å²) in [6, 6.07) is 15.2. The summed E-state index contributed by atoms with van der Waals surface area (Å²) in [6.45, 7) is 0. The fourth-order valence-electron chi connectivity index (χ4n) is 2.92. The van der Waals surface area contributed by atoms with Gasteiger partial charge < -0.3 is 10.1 Å². The molecule has 3 aromatic heterocycles. The first kappa shape index (κ1) is 16.8. The highest BCUT2D eigenvalue weighted by Crippen LogP contribution is 2.23. The number of tetrazole rings is 1. The molecule has 0 bridgehead atoms. The molecule has 0 spiro atoms. The topological polar surface area (TPSA) is 119 Å². The molecule has 5 aromatic rings. The van der Waals surface area contributed by atoms with Crippen LogP contribution in [0.3, 0.4) is 0 Å². The molecule has 2 N–H and O–H groups in total. The van der Waals surface area contributed by atoms with E-state index in [1.54, 1.807) is 24.2 Å². The Balaban J connectivity index is 1.45. The van der Waals surface area contributed by atoms with Gasteiger partial charge in [0.05, 0.1) is 24.4 Å². The largest absolute Gasteiger partial charge is 0.497 e. The molecular weight excluding hydrogens is 370 g/mol. The maximum absolute atomic E-state index is 5.30. The van der Waals surface area contributed by atoms with E-state index in [1.165, 1.54) is 0 Å². The second-order valence-corrected chi connectivity index (χ2v) is 6.17. The van der Waals surface area contributed by atoms with Gasteiger partial charge in [0.15, 0.2) is 5.65 Å². The van der Waals surface area contributed by atoms with E-state index in [0.717, 1.165) is 28.1 Å². The second-order valence-electron chi connectivity index (χ2n) is 6.17. The summed E-state index contributed by atoms with van der Waals surface area (Å²) in [5, 5.41) is 22.4. The monoisotopic (exact) mass is 385 g/mol. The van der Waals surface area contributed by atoms with Gasteiger partial charge in [0, 0.05) is 23.5 Å². The average molecular weight is 385 g/mol. The zero-order valence-electron chi connectivity index (χ0n) is 15.3. The van der Waals surface area contributed by atoms with Crippen molar-refractivity contribution in [1.82, 2.24) is 40.4 Å². The zero-order chi connectivity index (χ0) is 19.6. The van der Waals surface area contributed by atoms with Crippen LogP contribution in [0, 0.1) is 0 Å². The number of H-pyrrole nitrogens is 1. The van der Waals surface area contributed by atoms with Crippen LogP contribution in [0.5, 0.6) is 5.75 Å². The lowest BCUT2D eigenvalue weighted by Crippen LogP contribution is -2.01. The summed E-state index contributed by atoms with van der Waals surface area (Å²) in [7, 11) is 1.63. The Morgan fingerprint density at radius 3 is 2.76 bits per heavy atom. The van der Waals surface area contributed by atoms with Crippen molar-refractivity contribution in [2.45, 2.75) is 0 Å². The van der Waals surface area contributed by atoms with Crippen LogP contribution in [0.15, 0.2) is 60.9 Å². The summed E-state index contributed by atoms with van der Waals surface area (Å²) in [4.78, 5) is 9.01. The van der Waals surface area contributed by atoms with E-state index in [9.17, 15) is 0 Å². The lowest BCUT2D eigenvalue weighted by molar-refractivity contribution is 0.414. The summed E-state index contributed by atoms with van der Waals surface area (Å²) < 4.78 is 7.06. The van der Waals surface area contributed by atoms with Crippen molar-refractivity contribution in [1.29, 1.82) is 0 Å². The molecule has 5 rings (SSSR count). The minimum Gasteiger partial charge on any atom is -0.497 e. The number of aromatic nitrogens is 8. The van der Waals surface area contributed by atoms with Gasteiger partial charge >= 0.3 is 0 Å². The van der Waals surface area contributed by atoms with Crippen LogP contribution in [-0.2, 0) is 0 Å². The summed E-state index contributed by atoms with van der Waals surface area (Å²) in [6.07, 6.45) is 3.47. The highest BCUT2D eigenvalue weighted by molar-refractivity contribution is 5.77. The van der Waals surface area contributed by atoms with Crippen molar-refractivity contribution in [3.63, 3.8) is 0 Å². The molecular formula is C19H15N9O. The quantitative estimate of drug-likeness (QED) is 0.474. The minimum atomic E-state index is 0.467. The molecule has 0 aliphatic carbocycles. The lowest BCUT2D eigenvalue weighted by atomic mass is 10.2. The van der Waals surface area contributed by atoms with Gasteiger partial charge in [-0.15, -0.1) is 10.2 Å². The number of nitrogens with zero attached hydrogens (tertiary/aromatic N) is 7. The fraction of sp³-hybridized carbons (Fsp3) is 0.0526. The summed E-state index contributed by atoms with van der Waals surface area (Å²) in [5.41, 5.74) is 3.24. The Labute approximate surface area is 164 Å². The number of ether oxygens (including phenoxy) is 1. The van der Waals surface area contributed by atoms with Gasteiger partial charge in [0.25, 0.3) is 0 Å². The first-order valence-electron chi connectivity index (χ1n) is 8.76. The molecule has 3 heterocycles. The molecule has 10 heteroatoms. The maximum Gasteiger partial charge on any atom is 0.229 e. The van der Waals surface area contributed by atoms with Crippen LogP contribution in [0.4, 0.5) is 11.6 Å². The van der Waals surface area contributed by atoms with Gasteiger partial charge in [-0.05, 0) is 41.6 Å². The molecule has 10 nitrogen and oxygen atoms in total. The standard InChI is InChI=1S/C19H15N9O/c1-29-16-4-2-3-15(9-16)28-18-13(11-21-28)10-20-19(23-18)22-14-7-5-12(6-8-14)17-24-26-27-25-17/h2-11H,1H3,(H,20,22,23)(H,24,25,26,27). The number of hydrogen-bond donors (Lipinski definition) is 2. The van der Waals surface area contributed by atoms with E-state index < -0.39 is 0 Å². The number of anilines is 2. The molecule has 2 aromatic carbocycles. The molecule has 0 fully saturated rings. The van der Waals surface area contributed by atoms with E-state index in [-0.39, 0.29) is 0 Å². The number of aromatic amines is 1. The smallest absolute Gasteiger partial charge is 0.229 e. The van der Waals surface area contributed by atoms with Gasteiger partial charge in [-0.25, -0.2) is 9.67 Å². The van der Waals surface area contributed by atoms with Crippen LogP contribution >= 0.6 is 0 Å². The third kappa shape index (κ3) is 3.23. The number of nitrogens with one attached hydrogen (secondary N) is 2. The lowest BCUT2D eigenvalue weighted by Gasteiger charge is -2.07. The summed E-state index contributed by atoms with van der Waals surface area (Å²) >= 11 is 0. The number of rotatable bonds is 5. The third-order valence-corrected chi connectivity index (χ3v) is 4.35. The number of methoxy groups -OCH3 is 1. The van der Waals surface area contributed by atoms with Crippen molar-refractivity contribution in [3.05, 3.63) is 60.9 Å². The number of hydrogen-bond acceptors (Lipinski definition) is 8. The van der Waals surface area contributed by atoms with Crippen LogP contribution in [0.1, 0.15) is 0 Å². The molecule has 0 saturated heterocycles.